The Kier molecular flexibility index (Phi) is 5.54. The van der Waals surface area contributed by atoms with E-state index in [-0.39, 0.29) is 5.78 Å². The summed E-state index contributed by atoms with van der Waals surface area (Å²) < 4.78 is 5.22. The Bertz CT molecular complexity index is 828. The summed E-state index contributed by atoms with van der Waals surface area (Å²) in [6, 6.07) is 4.96. The Hall–Kier alpha value is -2.70. The lowest BCUT2D eigenvalue weighted by Gasteiger charge is -2.23. The van der Waals surface area contributed by atoms with Crippen molar-refractivity contribution >= 4 is 23.7 Å². The van der Waals surface area contributed by atoms with Crippen molar-refractivity contribution in [3.63, 3.8) is 0 Å². The van der Waals surface area contributed by atoms with Crippen LogP contribution in [-0.4, -0.2) is 46.8 Å². The number of ketones is 1. The molecule has 3 rings (SSSR count). The van der Waals surface area contributed by atoms with Crippen molar-refractivity contribution in [2.45, 2.75) is 64.5 Å². The van der Waals surface area contributed by atoms with Gasteiger partial charge in [-0.1, -0.05) is 26.0 Å². The van der Waals surface area contributed by atoms with Gasteiger partial charge >= 0.3 is 12.0 Å². The SMILES string of the molecule is CCC1(CC)NC(=O)N(CC(=O)O[C@@H](C)C(=O)c2ccc3c(c2)CCC3)C1=O. The third kappa shape index (κ3) is 3.53. The van der Waals surface area contributed by atoms with Gasteiger partial charge < -0.3 is 10.1 Å². The van der Waals surface area contributed by atoms with E-state index in [0.717, 1.165) is 24.2 Å². The van der Waals surface area contributed by atoms with Gasteiger partial charge in [-0.15, -0.1) is 0 Å². The quantitative estimate of drug-likeness (QED) is 0.441. The van der Waals surface area contributed by atoms with Gasteiger partial charge in [-0.2, -0.15) is 0 Å². The molecule has 28 heavy (non-hydrogen) atoms. The van der Waals surface area contributed by atoms with Gasteiger partial charge in [0.05, 0.1) is 0 Å². The van der Waals surface area contributed by atoms with E-state index in [1.54, 1.807) is 19.9 Å². The maximum Gasteiger partial charge on any atom is 0.326 e. The van der Waals surface area contributed by atoms with Gasteiger partial charge in [0.25, 0.3) is 5.91 Å². The fourth-order valence-electron chi connectivity index (χ4n) is 3.93. The molecule has 150 valence electrons. The summed E-state index contributed by atoms with van der Waals surface area (Å²) >= 11 is 0. The highest BCUT2D eigenvalue weighted by molar-refractivity contribution is 6.09. The minimum atomic E-state index is -0.991. The number of rotatable bonds is 7. The number of nitrogens with zero attached hydrogens (tertiary/aromatic N) is 1. The molecular formula is C21H26N2O5. The zero-order valence-corrected chi connectivity index (χ0v) is 16.5. The van der Waals surface area contributed by atoms with Crippen LogP contribution < -0.4 is 5.32 Å². The molecule has 1 aromatic carbocycles. The topological polar surface area (TPSA) is 92.8 Å². The molecule has 2 aliphatic rings. The van der Waals surface area contributed by atoms with Gasteiger partial charge in [-0.05, 0) is 56.2 Å². The number of hydrogen-bond acceptors (Lipinski definition) is 5. The number of carbonyl (C=O) groups excluding carboxylic acids is 4. The van der Waals surface area contributed by atoms with Crippen LogP contribution in [0.25, 0.3) is 0 Å². The Labute approximate surface area is 164 Å². The van der Waals surface area contributed by atoms with Crippen LogP contribution >= 0.6 is 0 Å². The summed E-state index contributed by atoms with van der Waals surface area (Å²) in [7, 11) is 0. The van der Waals surface area contributed by atoms with Crippen molar-refractivity contribution in [2.24, 2.45) is 0 Å². The lowest BCUT2D eigenvalue weighted by atomic mass is 9.93. The van der Waals surface area contributed by atoms with Gasteiger partial charge in [0.15, 0.2) is 6.10 Å². The molecule has 1 saturated heterocycles. The monoisotopic (exact) mass is 386 g/mol. The molecule has 7 heteroatoms. The smallest absolute Gasteiger partial charge is 0.326 e. The Morgan fingerprint density at radius 3 is 2.50 bits per heavy atom. The molecule has 0 radical (unpaired) electrons. The fraction of sp³-hybridized carbons (Fsp3) is 0.524. The number of urea groups is 1. The van der Waals surface area contributed by atoms with E-state index in [2.05, 4.69) is 5.32 Å². The molecule has 1 aromatic rings. The molecule has 1 atom stereocenters. The van der Waals surface area contributed by atoms with Crippen molar-refractivity contribution in [3.05, 3.63) is 34.9 Å². The molecular weight excluding hydrogens is 360 g/mol. The Morgan fingerprint density at radius 2 is 1.86 bits per heavy atom. The highest BCUT2D eigenvalue weighted by Crippen LogP contribution is 2.25. The molecule has 0 aromatic heterocycles. The van der Waals surface area contributed by atoms with Gasteiger partial charge in [0.2, 0.25) is 5.78 Å². The summed E-state index contributed by atoms with van der Waals surface area (Å²) in [6.07, 6.45) is 2.94. The number of aryl methyl sites for hydroxylation is 2. The lowest BCUT2D eigenvalue weighted by molar-refractivity contribution is -0.150. The van der Waals surface area contributed by atoms with E-state index in [1.165, 1.54) is 18.1 Å². The lowest BCUT2D eigenvalue weighted by Crippen LogP contribution is -2.46. The summed E-state index contributed by atoms with van der Waals surface area (Å²) in [5, 5.41) is 2.66. The van der Waals surface area contributed by atoms with Crippen LogP contribution in [0.2, 0.25) is 0 Å². The van der Waals surface area contributed by atoms with Crippen LogP contribution in [0, 0.1) is 0 Å². The first-order valence-corrected chi connectivity index (χ1v) is 9.81. The van der Waals surface area contributed by atoms with Crippen LogP contribution in [0.1, 0.15) is 61.5 Å². The molecule has 0 bridgehead atoms. The summed E-state index contributed by atoms with van der Waals surface area (Å²) in [5.74, 6) is -1.51. The standard InChI is InChI=1S/C21H26N2O5/c1-4-21(5-2)19(26)23(20(27)22-21)12-17(24)28-13(3)18(25)16-10-9-14-7-6-8-15(14)11-16/h9-11,13H,4-8,12H2,1-3H3,(H,22,27)/t13-/m0/s1. The first kappa shape index (κ1) is 20.0. The number of benzene rings is 1. The summed E-state index contributed by atoms with van der Waals surface area (Å²) in [5.41, 5.74) is 1.96. The number of imide groups is 1. The molecule has 1 aliphatic carbocycles. The average Bonchev–Trinajstić information content (AvgIpc) is 3.24. The highest BCUT2D eigenvalue weighted by atomic mass is 16.5. The number of esters is 1. The number of nitrogens with one attached hydrogen (secondary N) is 1. The van der Waals surface area contributed by atoms with Gasteiger partial charge in [0.1, 0.15) is 12.1 Å². The zero-order chi connectivity index (χ0) is 20.5. The van der Waals surface area contributed by atoms with Crippen LogP contribution in [-0.2, 0) is 27.2 Å². The van der Waals surface area contributed by atoms with Gasteiger partial charge in [-0.25, -0.2) is 4.79 Å². The highest BCUT2D eigenvalue weighted by Gasteiger charge is 2.49. The Balaban J connectivity index is 1.62. The average molecular weight is 386 g/mol. The van der Waals surface area contributed by atoms with Crippen molar-refractivity contribution in [2.75, 3.05) is 6.54 Å². The van der Waals surface area contributed by atoms with Gasteiger partial charge in [0, 0.05) is 5.56 Å². The first-order valence-electron chi connectivity index (χ1n) is 9.81. The number of Topliss-reactive ketones (excluding diaryl/α,β-unsaturated/α-hetero) is 1. The van der Waals surface area contributed by atoms with Crippen molar-refractivity contribution in [3.8, 4) is 0 Å². The fourth-order valence-corrected chi connectivity index (χ4v) is 3.93. The van der Waals surface area contributed by atoms with E-state index < -0.39 is 36.1 Å². The predicted molar refractivity (Wildman–Crippen MR) is 102 cm³/mol. The second kappa shape index (κ2) is 7.73. The van der Waals surface area contributed by atoms with Crippen molar-refractivity contribution in [1.29, 1.82) is 0 Å². The van der Waals surface area contributed by atoms with E-state index in [9.17, 15) is 19.2 Å². The van der Waals surface area contributed by atoms with Crippen LogP contribution in [0.4, 0.5) is 4.79 Å². The second-order valence-corrected chi connectivity index (χ2v) is 7.44. The minimum absolute atomic E-state index is 0.295. The van der Waals surface area contributed by atoms with Gasteiger partial charge in [-0.3, -0.25) is 19.3 Å². The molecule has 1 fully saturated rings. The van der Waals surface area contributed by atoms with Crippen molar-refractivity contribution < 1.29 is 23.9 Å². The summed E-state index contributed by atoms with van der Waals surface area (Å²) in [4.78, 5) is 50.4. The predicted octanol–water partition coefficient (Wildman–Crippen LogP) is 2.40. The van der Waals surface area contributed by atoms with Crippen molar-refractivity contribution in [1.82, 2.24) is 10.2 Å². The Morgan fingerprint density at radius 1 is 1.18 bits per heavy atom. The summed E-state index contributed by atoms with van der Waals surface area (Å²) in [6.45, 7) is 4.61. The molecule has 1 heterocycles. The molecule has 1 N–H and O–H groups in total. The number of fused-ring (bicyclic) bond motifs is 1. The molecule has 7 nitrogen and oxygen atoms in total. The number of amides is 3. The van der Waals surface area contributed by atoms with Crippen LogP contribution in [0.5, 0.6) is 0 Å². The maximum atomic E-state index is 12.6. The number of ether oxygens (including phenoxy) is 1. The zero-order valence-electron chi connectivity index (χ0n) is 16.5. The maximum absolute atomic E-state index is 12.6. The largest absolute Gasteiger partial charge is 0.453 e. The minimum Gasteiger partial charge on any atom is -0.453 e. The third-order valence-corrected chi connectivity index (χ3v) is 5.80. The van der Waals surface area contributed by atoms with E-state index in [1.807, 2.05) is 12.1 Å². The number of carbonyl (C=O) groups is 4. The third-order valence-electron chi connectivity index (χ3n) is 5.80. The van der Waals surface area contributed by atoms with Crippen LogP contribution in [0.15, 0.2) is 18.2 Å². The molecule has 1 aliphatic heterocycles. The normalized spacial score (nSPS) is 18.6. The molecule has 0 saturated carbocycles. The molecule has 3 amide bonds. The number of hydrogen-bond donors (Lipinski definition) is 1. The van der Waals surface area contributed by atoms with Crippen LogP contribution in [0.3, 0.4) is 0 Å². The van der Waals surface area contributed by atoms with E-state index in [4.69, 9.17) is 4.74 Å². The molecule has 0 unspecified atom stereocenters. The first-order chi connectivity index (χ1) is 13.3. The van der Waals surface area contributed by atoms with E-state index >= 15 is 0 Å². The van der Waals surface area contributed by atoms with E-state index in [0.29, 0.717) is 18.4 Å². The second-order valence-electron chi connectivity index (χ2n) is 7.44. The molecule has 0 spiro atoms.